The van der Waals surface area contributed by atoms with Crippen LogP contribution in [0.5, 0.6) is 0 Å². The molecule has 0 radical (unpaired) electrons. The Morgan fingerprint density at radius 3 is 2.19 bits per heavy atom. The monoisotopic (exact) mass is 276 g/mol. The molecule has 4 heteroatoms. The van der Waals surface area contributed by atoms with Crippen molar-refractivity contribution in [1.29, 1.82) is 0 Å². The highest BCUT2D eigenvalue weighted by Gasteiger charge is 2.02. The van der Waals surface area contributed by atoms with Crippen LogP contribution in [0.2, 0.25) is 0 Å². The minimum absolute atomic E-state index is 0.293. The van der Waals surface area contributed by atoms with Crippen molar-refractivity contribution in [2.24, 2.45) is 0 Å². The van der Waals surface area contributed by atoms with Crippen molar-refractivity contribution in [3.63, 3.8) is 0 Å². The Balaban J connectivity index is 2.44. The SMILES string of the molecule is Fc1ccc2nc3cc(Br)ccc3nc2c1. The van der Waals surface area contributed by atoms with Crippen LogP contribution < -0.4 is 0 Å². The van der Waals surface area contributed by atoms with E-state index >= 15 is 0 Å². The average Bonchev–Trinajstić information content (AvgIpc) is 2.26. The standard InChI is InChI=1S/C12H6BrFN2/c13-7-1-3-9-11(5-7)15-10-4-2-8(14)6-12(10)16-9/h1-6H. The zero-order valence-electron chi connectivity index (χ0n) is 8.11. The van der Waals surface area contributed by atoms with E-state index in [-0.39, 0.29) is 5.82 Å². The fraction of sp³-hybridized carbons (Fsp3) is 0. The molecule has 16 heavy (non-hydrogen) atoms. The maximum Gasteiger partial charge on any atom is 0.125 e. The van der Waals surface area contributed by atoms with Gasteiger partial charge in [-0.05, 0) is 30.3 Å². The second-order valence-electron chi connectivity index (χ2n) is 3.49. The normalized spacial score (nSPS) is 11.1. The quantitative estimate of drug-likeness (QED) is 0.586. The Hall–Kier alpha value is -1.55. The van der Waals surface area contributed by atoms with Crippen molar-refractivity contribution in [3.05, 3.63) is 46.7 Å². The number of halogens is 2. The number of fused-ring (bicyclic) bond motifs is 2. The van der Waals surface area contributed by atoms with Crippen molar-refractivity contribution in [2.45, 2.75) is 0 Å². The zero-order chi connectivity index (χ0) is 11.1. The van der Waals surface area contributed by atoms with E-state index in [1.54, 1.807) is 6.07 Å². The second kappa shape index (κ2) is 3.49. The first kappa shape index (κ1) is 9.66. The summed E-state index contributed by atoms with van der Waals surface area (Å²) in [5.41, 5.74) is 2.84. The van der Waals surface area contributed by atoms with E-state index in [2.05, 4.69) is 25.9 Å². The summed E-state index contributed by atoms with van der Waals surface area (Å²) in [4.78, 5) is 8.78. The maximum atomic E-state index is 13.0. The van der Waals surface area contributed by atoms with Crippen LogP contribution in [0.25, 0.3) is 22.1 Å². The van der Waals surface area contributed by atoms with Gasteiger partial charge < -0.3 is 0 Å². The first-order chi connectivity index (χ1) is 7.72. The molecule has 0 saturated carbocycles. The predicted molar refractivity (Wildman–Crippen MR) is 64.7 cm³/mol. The lowest BCUT2D eigenvalue weighted by atomic mass is 10.2. The number of aromatic nitrogens is 2. The van der Waals surface area contributed by atoms with E-state index in [0.717, 1.165) is 15.5 Å². The van der Waals surface area contributed by atoms with Gasteiger partial charge in [0.25, 0.3) is 0 Å². The highest BCUT2D eigenvalue weighted by atomic mass is 79.9. The topological polar surface area (TPSA) is 25.8 Å². The van der Waals surface area contributed by atoms with Gasteiger partial charge in [-0.2, -0.15) is 0 Å². The number of hydrogen-bond acceptors (Lipinski definition) is 2. The lowest BCUT2D eigenvalue weighted by Crippen LogP contribution is -1.88. The van der Waals surface area contributed by atoms with Crippen LogP contribution in [-0.2, 0) is 0 Å². The molecule has 2 nitrogen and oxygen atoms in total. The molecule has 0 aliphatic heterocycles. The van der Waals surface area contributed by atoms with E-state index in [0.29, 0.717) is 11.0 Å². The minimum atomic E-state index is -0.293. The maximum absolute atomic E-state index is 13.0. The van der Waals surface area contributed by atoms with Crippen molar-refractivity contribution < 1.29 is 4.39 Å². The van der Waals surface area contributed by atoms with Gasteiger partial charge in [0, 0.05) is 10.5 Å². The molecule has 1 aromatic heterocycles. The van der Waals surface area contributed by atoms with Gasteiger partial charge in [0.1, 0.15) is 5.82 Å². The third kappa shape index (κ3) is 1.55. The molecular formula is C12H6BrFN2. The summed E-state index contributed by atoms with van der Waals surface area (Å²) < 4.78 is 14.0. The summed E-state index contributed by atoms with van der Waals surface area (Å²) in [6.45, 7) is 0. The summed E-state index contributed by atoms with van der Waals surface area (Å²) in [5.74, 6) is -0.293. The number of nitrogens with zero attached hydrogens (tertiary/aromatic N) is 2. The van der Waals surface area contributed by atoms with Crippen LogP contribution in [-0.4, -0.2) is 9.97 Å². The van der Waals surface area contributed by atoms with Crippen molar-refractivity contribution in [1.82, 2.24) is 9.97 Å². The summed E-state index contributed by atoms with van der Waals surface area (Å²) in [7, 11) is 0. The Labute approximate surface area is 99.3 Å². The fourth-order valence-electron chi connectivity index (χ4n) is 1.62. The molecule has 0 aliphatic rings. The number of benzene rings is 2. The average molecular weight is 277 g/mol. The smallest absolute Gasteiger partial charge is 0.125 e. The van der Waals surface area contributed by atoms with E-state index < -0.39 is 0 Å². The van der Waals surface area contributed by atoms with Crippen molar-refractivity contribution in [2.75, 3.05) is 0 Å². The molecule has 1 heterocycles. The summed E-state index contributed by atoms with van der Waals surface area (Å²) in [6, 6.07) is 10.1. The first-order valence-corrected chi connectivity index (χ1v) is 5.54. The fourth-order valence-corrected chi connectivity index (χ4v) is 1.97. The van der Waals surface area contributed by atoms with Gasteiger partial charge in [-0.3, -0.25) is 0 Å². The van der Waals surface area contributed by atoms with Crippen LogP contribution in [0.3, 0.4) is 0 Å². The minimum Gasteiger partial charge on any atom is -0.244 e. The largest absolute Gasteiger partial charge is 0.244 e. The third-order valence-corrected chi connectivity index (χ3v) is 2.85. The summed E-state index contributed by atoms with van der Waals surface area (Å²) >= 11 is 3.38. The van der Waals surface area contributed by atoms with Gasteiger partial charge in [0.05, 0.1) is 22.1 Å². The Bertz CT molecular complexity index is 635. The predicted octanol–water partition coefficient (Wildman–Crippen LogP) is 3.68. The van der Waals surface area contributed by atoms with Crippen LogP contribution in [0.1, 0.15) is 0 Å². The van der Waals surface area contributed by atoms with Crippen LogP contribution in [0.4, 0.5) is 4.39 Å². The molecule has 0 unspecified atom stereocenters. The second-order valence-corrected chi connectivity index (χ2v) is 4.41. The Kier molecular flexibility index (Phi) is 2.11. The summed E-state index contributed by atoms with van der Waals surface area (Å²) in [6.07, 6.45) is 0. The van der Waals surface area contributed by atoms with Crippen molar-refractivity contribution in [3.8, 4) is 0 Å². The van der Waals surface area contributed by atoms with Crippen LogP contribution >= 0.6 is 15.9 Å². The highest BCUT2D eigenvalue weighted by Crippen LogP contribution is 2.20. The molecule has 0 atom stereocenters. The lowest BCUT2D eigenvalue weighted by Gasteiger charge is -2.01. The molecule has 0 N–H and O–H groups in total. The van der Waals surface area contributed by atoms with Gasteiger partial charge in [-0.1, -0.05) is 15.9 Å². The molecule has 0 aliphatic carbocycles. The molecule has 0 fully saturated rings. The van der Waals surface area contributed by atoms with Crippen LogP contribution in [0.15, 0.2) is 40.9 Å². The molecular weight excluding hydrogens is 271 g/mol. The molecule has 78 valence electrons. The van der Waals surface area contributed by atoms with Crippen molar-refractivity contribution >= 4 is 38.0 Å². The van der Waals surface area contributed by atoms with Gasteiger partial charge in [0.15, 0.2) is 0 Å². The lowest BCUT2D eigenvalue weighted by molar-refractivity contribution is 0.629. The van der Waals surface area contributed by atoms with E-state index in [9.17, 15) is 4.39 Å². The van der Waals surface area contributed by atoms with Gasteiger partial charge in [-0.25, -0.2) is 14.4 Å². The molecule has 0 spiro atoms. The Morgan fingerprint density at radius 1 is 0.812 bits per heavy atom. The molecule has 0 bridgehead atoms. The van der Waals surface area contributed by atoms with Crippen LogP contribution in [0, 0.1) is 5.82 Å². The molecule has 3 aromatic rings. The van der Waals surface area contributed by atoms with Gasteiger partial charge >= 0.3 is 0 Å². The molecule has 3 rings (SSSR count). The first-order valence-electron chi connectivity index (χ1n) is 4.75. The molecule has 2 aromatic carbocycles. The highest BCUT2D eigenvalue weighted by molar-refractivity contribution is 9.10. The zero-order valence-corrected chi connectivity index (χ0v) is 9.70. The molecule has 0 saturated heterocycles. The van der Waals surface area contributed by atoms with E-state index in [1.807, 2.05) is 18.2 Å². The van der Waals surface area contributed by atoms with E-state index in [1.165, 1.54) is 12.1 Å². The van der Waals surface area contributed by atoms with Gasteiger partial charge in [0.2, 0.25) is 0 Å². The molecule has 0 amide bonds. The third-order valence-electron chi connectivity index (χ3n) is 2.36. The number of hydrogen-bond donors (Lipinski definition) is 0. The van der Waals surface area contributed by atoms with Gasteiger partial charge in [-0.15, -0.1) is 0 Å². The van der Waals surface area contributed by atoms with E-state index in [4.69, 9.17) is 0 Å². The number of rotatable bonds is 0. The Morgan fingerprint density at radius 2 is 1.44 bits per heavy atom. The summed E-state index contributed by atoms with van der Waals surface area (Å²) in [5, 5.41) is 0.